The summed E-state index contributed by atoms with van der Waals surface area (Å²) in [4.78, 5) is 3.12. The Labute approximate surface area is 114 Å². The molecule has 0 radical (unpaired) electrons. The van der Waals surface area contributed by atoms with Crippen LogP contribution in [0, 0.1) is 4.77 Å². The molecule has 0 spiro atoms. The molecule has 0 saturated heterocycles. The van der Waals surface area contributed by atoms with Crippen molar-refractivity contribution in [3.63, 3.8) is 0 Å². The lowest BCUT2D eigenvalue weighted by molar-refractivity contribution is 0.967. The first-order valence-corrected chi connectivity index (χ1v) is 6.25. The van der Waals surface area contributed by atoms with Gasteiger partial charge in [-0.05, 0) is 42.5 Å². The van der Waals surface area contributed by atoms with Gasteiger partial charge in [-0.1, -0.05) is 29.8 Å². The zero-order chi connectivity index (χ0) is 12.5. The number of rotatable bonds is 2. The summed E-state index contributed by atoms with van der Waals surface area (Å²) in [7, 11) is 0. The zero-order valence-corrected chi connectivity index (χ0v) is 10.9. The second-order valence-corrected chi connectivity index (χ2v) is 4.73. The number of hydrogen-bond donors (Lipinski definition) is 2. The SMILES string of the molecule is S=c1[nH]c2cc(Cl)ccc2n1Nc1ccccc1. The number of para-hydroxylation sites is 1. The Morgan fingerprint density at radius 3 is 2.67 bits per heavy atom. The maximum Gasteiger partial charge on any atom is 0.197 e. The van der Waals surface area contributed by atoms with E-state index in [2.05, 4.69) is 10.4 Å². The fraction of sp³-hybridized carbons (Fsp3) is 0. The van der Waals surface area contributed by atoms with Gasteiger partial charge in [-0.3, -0.25) is 5.43 Å². The van der Waals surface area contributed by atoms with Crippen molar-refractivity contribution in [2.24, 2.45) is 0 Å². The average Bonchev–Trinajstić information content (AvgIpc) is 2.66. The van der Waals surface area contributed by atoms with Crippen LogP contribution in [0.1, 0.15) is 0 Å². The Balaban J connectivity index is 2.12. The lowest BCUT2D eigenvalue weighted by Gasteiger charge is -2.08. The van der Waals surface area contributed by atoms with E-state index < -0.39 is 0 Å². The van der Waals surface area contributed by atoms with Crippen molar-refractivity contribution in [2.75, 3.05) is 5.43 Å². The molecule has 0 aliphatic rings. The molecule has 0 atom stereocenters. The molecule has 0 saturated carbocycles. The van der Waals surface area contributed by atoms with Crippen LogP contribution in [0.5, 0.6) is 0 Å². The third-order valence-corrected chi connectivity index (χ3v) is 3.18. The van der Waals surface area contributed by atoms with E-state index in [4.69, 9.17) is 23.8 Å². The van der Waals surface area contributed by atoms with Crippen LogP contribution < -0.4 is 5.43 Å². The first kappa shape index (κ1) is 11.3. The normalized spacial score (nSPS) is 10.7. The average molecular weight is 276 g/mol. The summed E-state index contributed by atoms with van der Waals surface area (Å²) in [6, 6.07) is 15.5. The number of nitrogens with one attached hydrogen (secondary N) is 2. The van der Waals surface area contributed by atoms with Crippen molar-refractivity contribution in [1.82, 2.24) is 9.66 Å². The number of aromatic nitrogens is 2. The summed E-state index contributed by atoms with van der Waals surface area (Å²) in [5.74, 6) is 0. The van der Waals surface area contributed by atoms with Gasteiger partial charge in [0.05, 0.1) is 16.7 Å². The Morgan fingerprint density at radius 1 is 1.11 bits per heavy atom. The van der Waals surface area contributed by atoms with E-state index in [9.17, 15) is 0 Å². The second-order valence-electron chi connectivity index (χ2n) is 3.90. The first-order valence-electron chi connectivity index (χ1n) is 5.46. The minimum Gasteiger partial charge on any atom is -0.329 e. The van der Waals surface area contributed by atoms with Crippen LogP contribution >= 0.6 is 23.8 Å². The van der Waals surface area contributed by atoms with E-state index in [0.29, 0.717) is 9.79 Å². The predicted molar refractivity (Wildman–Crippen MR) is 77.6 cm³/mol. The van der Waals surface area contributed by atoms with Gasteiger partial charge in [0.2, 0.25) is 0 Å². The molecule has 18 heavy (non-hydrogen) atoms. The van der Waals surface area contributed by atoms with E-state index >= 15 is 0 Å². The molecule has 0 aliphatic heterocycles. The number of benzene rings is 2. The first-order chi connectivity index (χ1) is 8.74. The summed E-state index contributed by atoms with van der Waals surface area (Å²) in [6.45, 7) is 0. The maximum absolute atomic E-state index is 5.96. The number of fused-ring (bicyclic) bond motifs is 1. The molecule has 0 fully saturated rings. The topological polar surface area (TPSA) is 32.8 Å². The third-order valence-electron chi connectivity index (χ3n) is 2.66. The minimum atomic E-state index is 0.608. The monoisotopic (exact) mass is 275 g/mol. The van der Waals surface area contributed by atoms with Gasteiger partial charge in [-0.15, -0.1) is 0 Å². The van der Waals surface area contributed by atoms with Crippen LogP contribution in [0.15, 0.2) is 48.5 Å². The number of halogens is 1. The van der Waals surface area contributed by atoms with Gasteiger partial charge in [-0.2, -0.15) is 0 Å². The molecular weight excluding hydrogens is 266 g/mol. The lowest BCUT2D eigenvalue weighted by atomic mass is 10.3. The standard InChI is InChI=1S/C13H10ClN3S/c14-9-6-7-12-11(8-9)15-13(18)17(12)16-10-4-2-1-3-5-10/h1-8,16H,(H,15,18). The minimum absolute atomic E-state index is 0.608. The molecule has 0 unspecified atom stereocenters. The number of aromatic amines is 1. The summed E-state index contributed by atoms with van der Waals surface area (Å²) in [5, 5.41) is 0.686. The van der Waals surface area contributed by atoms with Crippen LogP contribution in [-0.4, -0.2) is 9.66 Å². The highest BCUT2D eigenvalue weighted by molar-refractivity contribution is 7.71. The maximum atomic E-state index is 5.96. The largest absolute Gasteiger partial charge is 0.329 e. The smallest absolute Gasteiger partial charge is 0.197 e. The Bertz CT molecular complexity index is 746. The van der Waals surface area contributed by atoms with Gasteiger partial charge in [0.25, 0.3) is 0 Å². The van der Waals surface area contributed by atoms with Crippen LogP contribution in [0.25, 0.3) is 11.0 Å². The molecule has 1 heterocycles. The van der Waals surface area contributed by atoms with Crippen molar-refractivity contribution < 1.29 is 0 Å². The molecule has 1 aromatic heterocycles. The lowest BCUT2D eigenvalue weighted by Crippen LogP contribution is -2.08. The van der Waals surface area contributed by atoms with E-state index in [1.165, 1.54) is 0 Å². The Kier molecular flexibility index (Phi) is 2.81. The van der Waals surface area contributed by atoms with Crippen LogP contribution in [0.3, 0.4) is 0 Å². The second kappa shape index (κ2) is 4.48. The molecular formula is C13H10ClN3S. The highest BCUT2D eigenvalue weighted by Crippen LogP contribution is 2.19. The predicted octanol–water partition coefficient (Wildman–Crippen LogP) is 4.23. The Morgan fingerprint density at radius 2 is 1.89 bits per heavy atom. The summed E-state index contributed by atoms with van der Waals surface area (Å²) >= 11 is 11.3. The molecule has 0 aliphatic carbocycles. The number of imidazole rings is 1. The third kappa shape index (κ3) is 2.00. The molecule has 5 heteroatoms. The van der Waals surface area contributed by atoms with Crippen LogP contribution in [0.2, 0.25) is 5.02 Å². The Hall–Kier alpha value is -1.78. The molecule has 3 nitrogen and oxygen atoms in total. The van der Waals surface area contributed by atoms with E-state index in [0.717, 1.165) is 16.7 Å². The van der Waals surface area contributed by atoms with Crippen molar-refractivity contribution >= 4 is 40.5 Å². The molecule has 3 rings (SSSR count). The molecule has 3 aromatic rings. The highest BCUT2D eigenvalue weighted by Gasteiger charge is 2.04. The molecule has 2 N–H and O–H groups in total. The van der Waals surface area contributed by atoms with Gasteiger partial charge in [0, 0.05) is 5.02 Å². The molecule has 0 bridgehead atoms. The summed E-state index contributed by atoms with van der Waals surface area (Å²) in [6.07, 6.45) is 0. The molecule has 90 valence electrons. The van der Waals surface area contributed by atoms with Crippen molar-refractivity contribution in [2.45, 2.75) is 0 Å². The zero-order valence-electron chi connectivity index (χ0n) is 9.35. The fourth-order valence-corrected chi connectivity index (χ4v) is 2.26. The number of anilines is 1. The van der Waals surface area contributed by atoms with Crippen LogP contribution in [0.4, 0.5) is 5.69 Å². The number of nitrogens with zero attached hydrogens (tertiary/aromatic N) is 1. The summed E-state index contributed by atoms with van der Waals surface area (Å²) in [5.41, 5.74) is 6.11. The summed E-state index contributed by atoms with van der Waals surface area (Å²) < 4.78 is 2.44. The quantitative estimate of drug-likeness (QED) is 0.686. The van der Waals surface area contributed by atoms with Gasteiger partial charge < -0.3 is 4.98 Å². The van der Waals surface area contributed by atoms with Crippen molar-refractivity contribution in [3.05, 3.63) is 58.3 Å². The van der Waals surface area contributed by atoms with Crippen molar-refractivity contribution in [3.8, 4) is 0 Å². The number of hydrogen-bond acceptors (Lipinski definition) is 2. The van der Waals surface area contributed by atoms with E-state index in [1.54, 1.807) is 0 Å². The number of H-pyrrole nitrogens is 1. The van der Waals surface area contributed by atoms with E-state index in [1.807, 2.05) is 53.2 Å². The van der Waals surface area contributed by atoms with Gasteiger partial charge in [0.1, 0.15) is 0 Å². The van der Waals surface area contributed by atoms with Gasteiger partial charge in [-0.25, -0.2) is 4.68 Å². The van der Waals surface area contributed by atoms with Crippen LogP contribution in [-0.2, 0) is 0 Å². The highest BCUT2D eigenvalue weighted by atomic mass is 35.5. The molecule has 0 amide bonds. The van der Waals surface area contributed by atoms with Gasteiger partial charge in [0.15, 0.2) is 4.77 Å². The van der Waals surface area contributed by atoms with Crippen molar-refractivity contribution in [1.29, 1.82) is 0 Å². The van der Waals surface area contributed by atoms with E-state index in [-0.39, 0.29) is 0 Å². The molecule has 2 aromatic carbocycles. The fourth-order valence-electron chi connectivity index (χ4n) is 1.84. The van der Waals surface area contributed by atoms with Gasteiger partial charge >= 0.3 is 0 Å².